The number of carbonyl (C=O) groups is 6. The molecule has 10 N–H and O–H groups in total. The molecule has 0 aliphatic heterocycles. The highest BCUT2D eigenvalue weighted by atomic mass is 16.6. The molecule has 266 valence electrons. The topological polar surface area (TPSA) is 308 Å². The van der Waals surface area contributed by atoms with Crippen LogP contribution in [0.4, 0.5) is 0 Å². The molecule has 0 aromatic heterocycles. The number of para-hydroxylation sites is 3. The van der Waals surface area contributed by atoms with Crippen LogP contribution >= 0.6 is 0 Å². The van der Waals surface area contributed by atoms with E-state index in [9.17, 15) is 64.5 Å². The Bertz CT molecular complexity index is 1780. The average Bonchev–Trinajstić information content (AvgIpc) is 3.09. The van der Waals surface area contributed by atoms with Crippen molar-refractivity contribution in [2.75, 3.05) is 26.9 Å². The summed E-state index contributed by atoms with van der Waals surface area (Å²) in [5.74, 6) is -11.8. The second kappa shape index (κ2) is 16.9. The number of phenolic OH excluding ortho intramolecular Hbond substituents is 6. The first-order valence-corrected chi connectivity index (χ1v) is 14.2. The SMILES string of the molecule is COC(=O)[C@H](COC(=O)[C@H](COC(=O)[C@H](CO)NC(=O)c1cccc(O)c1O)NC(=O)c1cccc(O)c1O)NC(=O)c1cccc(O)c1O. The fraction of sp³-hybridized carbons (Fsp3) is 0.226. The van der Waals surface area contributed by atoms with Gasteiger partial charge < -0.3 is 65.9 Å². The van der Waals surface area contributed by atoms with E-state index in [2.05, 4.69) is 20.7 Å². The van der Waals surface area contributed by atoms with Crippen LogP contribution in [0.3, 0.4) is 0 Å². The normalized spacial score (nSPS) is 12.4. The molecule has 19 nitrogen and oxygen atoms in total. The van der Waals surface area contributed by atoms with Gasteiger partial charge in [0.1, 0.15) is 13.2 Å². The van der Waals surface area contributed by atoms with E-state index >= 15 is 0 Å². The number of methoxy groups -OCH3 is 1. The van der Waals surface area contributed by atoms with Crippen molar-refractivity contribution in [1.29, 1.82) is 0 Å². The van der Waals surface area contributed by atoms with Crippen LogP contribution in [0.5, 0.6) is 34.5 Å². The van der Waals surface area contributed by atoms with Gasteiger partial charge in [-0.1, -0.05) is 18.2 Å². The lowest BCUT2D eigenvalue weighted by atomic mass is 10.1. The number of phenols is 6. The lowest BCUT2D eigenvalue weighted by Gasteiger charge is -2.22. The van der Waals surface area contributed by atoms with E-state index in [0.29, 0.717) is 0 Å². The summed E-state index contributed by atoms with van der Waals surface area (Å²) in [4.78, 5) is 76.5. The minimum absolute atomic E-state index is 0.460. The second-order valence-electron chi connectivity index (χ2n) is 10.1. The maximum absolute atomic E-state index is 13.2. The standard InChI is InChI=1S/C31H31N3O16/c1-48-29(45)18(33-27(43)15-6-3-9-21(37)24(15)40)12-50-31(47)19(34-28(44)16-7-4-10-22(38)25(16)41)13-49-30(46)17(11-35)32-26(42)14-5-2-8-20(36)23(14)39/h2-10,17-19,35-41H,11-13H2,1H3,(H,32,42)(H,33,43)(H,34,44)/t17-,18-,19-/m0/s1. The fourth-order valence-corrected chi connectivity index (χ4v) is 4.04. The number of rotatable bonds is 14. The Hall–Kier alpha value is -6.76. The first-order chi connectivity index (χ1) is 23.7. The van der Waals surface area contributed by atoms with Crippen LogP contribution in [-0.4, -0.2) is 116 Å². The first-order valence-electron chi connectivity index (χ1n) is 14.2. The van der Waals surface area contributed by atoms with Gasteiger partial charge in [0.2, 0.25) is 0 Å². The van der Waals surface area contributed by atoms with E-state index in [0.717, 1.165) is 43.5 Å². The number of aliphatic hydroxyl groups is 1. The van der Waals surface area contributed by atoms with Gasteiger partial charge in [-0.2, -0.15) is 0 Å². The van der Waals surface area contributed by atoms with Gasteiger partial charge in [-0.3, -0.25) is 14.4 Å². The van der Waals surface area contributed by atoms with Crippen LogP contribution in [0.2, 0.25) is 0 Å². The van der Waals surface area contributed by atoms with Gasteiger partial charge in [-0.15, -0.1) is 0 Å². The zero-order valence-corrected chi connectivity index (χ0v) is 25.9. The smallest absolute Gasteiger partial charge is 0.332 e. The number of aromatic hydroxyl groups is 6. The van der Waals surface area contributed by atoms with Crippen molar-refractivity contribution in [1.82, 2.24) is 16.0 Å². The van der Waals surface area contributed by atoms with Gasteiger partial charge in [-0.25, -0.2) is 14.4 Å². The van der Waals surface area contributed by atoms with Gasteiger partial charge >= 0.3 is 17.9 Å². The molecule has 0 aliphatic rings. The van der Waals surface area contributed by atoms with E-state index in [1.165, 1.54) is 18.2 Å². The van der Waals surface area contributed by atoms with Crippen molar-refractivity contribution >= 4 is 35.6 Å². The number of benzene rings is 3. The molecule has 0 radical (unpaired) electrons. The maximum Gasteiger partial charge on any atom is 0.332 e. The average molecular weight is 702 g/mol. The highest BCUT2D eigenvalue weighted by Crippen LogP contribution is 2.30. The Morgan fingerprint density at radius 3 is 1.20 bits per heavy atom. The van der Waals surface area contributed by atoms with Crippen LogP contribution in [0, 0.1) is 0 Å². The summed E-state index contributed by atoms with van der Waals surface area (Å²) in [5, 5.41) is 75.1. The summed E-state index contributed by atoms with van der Waals surface area (Å²) < 4.78 is 14.7. The molecule has 50 heavy (non-hydrogen) atoms. The van der Waals surface area contributed by atoms with Gasteiger partial charge in [0.15, 0.2) is 52.6 Å². The van der Waals surface area contributed by atoms with Crippen LogP contribution < -0.4 is 16.0 Å². The van der Waals surface area contributed by atoms with Gasteiger partial charge in [0, 0.05) is 0 Å². The number of aliphatic hydroxyl groups excluding tert-OH is 1. The third-order valence-corrected chi connectivity index (χ3v) is 6.72. The monoisotopic (exact) mass is 701 g/mol. The molecule has 0 unspecified atom stereocenters. The summed E-state index contributed by atoms with van der Waals surface area (Å²) in [6, 6.07) is 4.63. The van der Waals surface area contributed by atoms with Crippen molar-refractivity contribution in [3.63, 3.8) is 0 Å². The fourth-order valence-electron chi connectivity index (χ4n) is 4.04. The molecular formula is C31H31N3O16. The van der Waals surface area contributed by atoms with Gasteiger partial charge in [-0.05, 0) is 36.4 Å². The number of ether oxygens (including phenoxy) is 3. The van der Waals surface area contributed by atoms with E-state index < -0.39 is 125 Å². The summed E-state index contributed by atoms with van der Waals surface area (Å²) in [7, 11) is 0.942. The van der Waals surface area contributed by atoms with E-state index in [1.807, 2.05) is 0 Å². The number of nitrogens with one attached hydrogen (secondary N) is 3. The first kappa shape index (κ1) is 37.7. The Morgan fingerprint density at radius 2 is 0.860 bits per heavy atom. The van der Waals surface area contributed by atoms with Gasteiger partial charge in [0.05, 0.1) is 30.4 Å². The number of hydrogen-bond acceptors (Lipinski definition) is 16. The Balaban J connectivity index is 1.79. The molecule has 3 aromatic carbocycles. The van der Waals surface area contributed by atoms with Crippen molar-refractivity contribution < 1.29 is 78.7 Å². The number of hydrogen-bond donors (Lipinski definition) is 10. The second-order valence-corrected chi connectivity index (χ2v) is 10.1. The van der Waals surface area contributed by atoms with Crippen LogP contribution in [0.15, 0.2) is 54.6 Å². The zero-order chi connectivity index (χ0) is 37.1. The third kappa shape index (κ3) is 9.19. The summed E-state index contributed by atoms with van der Waals surface area (Å²) >= 11 is 0. The van der Waals surface area contributed by atoms with Crippen LogP contribution in [0.25, 0.3) is 0 Å². The molecule has 0 aliphatic carbocycles. The third-order valence-electron chi connectivity index (χ3n) is 6.72. The minimum atomic E-state index is -1.94. The zero-order valence-electron chi connectivity index (χ0n) is 25.9. The van der Waals surface area contributed by atoms with Crippen molar-refractivity contribution in [3.05, 3.63) is 71.3 Å². The van der Waals surface area contributed by atoms with Gasteiger partial charge in [0.25, 0.3) is 17.7 Å². The molecule has 0 saturated carbocycles. The number of amides is 3. The highest BCUT2D eigenvalue weighted by molar-refractivity contribution is 6.01. The Labute approximate surface area is 281 Å². The molecule has 0 spiro atoms. The van der Waals surface area contributed by atoms with E-state index in [4.69, 9.17) is 9.47 Å². The summed E-state index contributed by atoms with van der Waals surface area (Å²) in [6.07, 6.45) is 0. The van der Waals surface area contributed by atoms with E-state index in [1.54, 1.807) is 0 Å². The molecule has 3 aromatic rings. The van der Waals surface area contributed by atoms with E-state index in [-0.39, 0.29) is 0 Å². The lowest BCUT2D eigenvalue weighted by Crippen LogP contribution is -2.50. The molecule has 3 rings (SSSR count). The molecule has 0 bridgehead atoms. The molecule has 0 fully saturated rings. The predicted molar refractivity (Wildman–Crippen MR) is 164 cm³/mol. The van der Waals surface area contributed by atoms with Crippen molar-refractivity contribution in [3.8, 4) is 34.5 Å². The lowest BCUT2D eigenvalue weighted by molar-refractivity contribution is -0.155. The minimum Gasteiger partial charge on any atom is -0.504 e. The quantitative estimate of drug-likeness (QED) is 0.0540. The highest BCUT2D eigenvalue weighted by Gasteiger charge is 2.32. The largest absolute Gasteiger partial charge is 0.504 e. The summed E-state index contributed by atoms with van der Waals surface area (Å²) in [6.45, 7) is -3.07. The molecule has 0 saturated heterocycles. The molecule has 19 heteroatoms. The number of carbonyl (C=O) groups excluding carboxylic acids is 6. The Morgan fingerprint density at radius 1 is 0.540 bits per heavy atom. The predicted octanol–water partition coefficient (Wildman–Crippen LogP) is -1.13. The molecular weight excluding hydrogens is 670 g/mol. The number of esters is 3. The summed E-state index contributed by atoms with van der Waals surface area (Å²) in [5.41, 5.74) is -1.47. The Kier molecular flexibility index (Phi) is 12.7. The van der Waals surface area contributed by atoms with Crippen LogP contribution in [-0.2, 0) is 28.6 Å². The van der Waals surface area contributed by atoms with Crippen LogP contribution in [0.1, 0.15) is 31.1 Å². The van der Waals surface area contributed by atoms with Crippen molar-refractivity contribution in [2.24, 2.45) is 0 Å². The maximum atomic E-state index is 13.2. The molecule has 3 amide bonds. The molecule has 0 heterocycles. The van der Waals surface area contributed by atoms with Crippen molar-refractivity contribution in [2.45, 2.75) is 18.1 Å². The molecule has 3 atom stereocenters.